The normalized spacial score (nSPS) is 20.2. The van der Waals surface area contributed by atoms with Crippen molar-refractivity contribution in [3.8, 4) is 0 Å². The van der Waals surface area contributed by atoms with E-state index in [0.29, 0.717) is 43.2 Å². The molecule has 0 aliphatic carbocycles. The maximum absolute atomic E-state index is 12.5. The third-order valence-corrected chi connectivity index (χ3v) is 5.30. The lowest BCUT2D eigenvalue weighted by Crippen LogP contribution is -2.54. The highest BCUT2D eigenvalue weighted by Crippen LogP contribution is 2.22. The number of piperidine rings is 1. The van der Waals surface area contributed by atoms with Crippen molar-refractivity contribution in [2.24, 2.45) is 11.7 Å². The van der Waals surface area contributed by atoms with Crippen molar-refractivity contribution < 1.29 is 14.3 Å². The summed E-state index contributed by atoms with van der Waals surface area (Å²) in [6, 6.07) is 7.06. The molecule has 3 rings (SSSR count). The van der Waals surface area contributed by atoms with Crippen LogP contribution in [0.4, 0.5) is 5.69 Å². The first-order chi connectivity index (χ1) is 12.0. The summed E-state index contributed by atoms with van der Waals surface area (Å²) in [4.78, 5) is 26.9. The predicted molar refractivity (Wildman–Crippen MR) is 104 cm³/mol. The van der Waals surface area contributed by atoms with E-state index in [1.165, 1.54) is 0 Å². The Kier molecular flexibility index (Phi) is 7.03. The Hall–Kier alpha value is -1.63. The van der Waals surface area contributed by atoms with E-state index in [1.807, 2.05) is 4.90 Å². The van der Waals surface area contributed by atoms with E-state index < -0.39 is 5.54 Å². The van der Waals surface area contributed by atoms with Crippen LogP contribution >= 0.6 is 12.4 Å². The molecule has 0 atom stereocenters. The number of nitrogens with two attached hydrogens (primary N) is 1. The van der Waals surface area contributed by atoms with Gasteiger partial charge in [0.15, 0.2) is 0 Å². The molecule has 2 fully saturated rings. The van der Waals surface area contributed by atoms with E-state index in [9.17, 15) is 9.59 Å². The molecule has 2 aliphatic heterocycles. The van der Waals surface area contributed by atoms with Crippen molar-refractivity contribution in [3.05, 3.63) is 29.8 Å². The van der Waals surface area contributed by atoms with E-state index in [2.05, 4.69) is 12.2 Å². The molecule has 7 heteroatoms. The first-order valence-corrected chi connectivity index (χ1v) is 9.05. The van der Waals surface area contributed by atoms with Crippen LogP contribution in [0.3, 0.4) is 0 Å². The van der Waals surface area contributed by atoms with Gasteiger partial charge in [-0.15, -0.1) is 12.4 Å². The molecule has 0 aromatic heterocycles. The van der Waals surface area contributed by atoms with Crippen LogP contribution in [0, 0.1) is 5.92 Å². The minimum Gasteiger partial charge on any atom is -0.381 e. The van der Waals surface area contributed by atoms with Crippen molar-refractivity contribution in [2.75, 3.05) is 31.6 Å². The maximum Gasteiger partial charge on any atom is 0.253 e. The number of carbonyl (C=O) groups is 2. The lowest BCUT2D eigenvalue weighted by Gasteiger charge is -2.32. The molecule has 0 unspecified atom stereocenters. The number of ether oxygens (including phenoxy) is 1. The summed E-state index contributed by atoms with van der Waals surface area (Å²) < 4.78 is 5.27. The molecule has 0 spiro atoms. The smallest absolute Gasteiger partial charge is 0.253 e. The summed E-state index contributed by atoms with van der Waals surface area (Å²) in [5, 5.41) is 2.86. The molecule has 2 saturated heterocycles. The van der Waals surface area contributed by atoms with Gasteiger partial charge in [-0.2, -0.15) is 0 Å². The van der Waals surface area contributed by atoms with Gasteiger partial charge < -0.3 is 20.7 Å². The quantitative estimate of drug-likeness (QED) is 0.842. The van der Waals surface area contributed by atoms with E-state index in [4.69, 9.17) is 10.5 Å². The fourth-order valence-corrected chi connectivity index (χ4v) is 3.31. The van der Waals surface area contributed by atoms with E-state index in [-0.39, 0.29) is 24.2 Å². The first-order valence-electron chi connectivity index (χ1n) is 9.05. The van der Waals surface area contributed by atoms with Gasteiger partial charge in [0.25, 0.3) is 5.91 Å². The molecule has 144 valence electrons. The van der Waals surface area contributed by atoms with Gasteiger partial charge in [-0.05, 0) is 55.9 Å². The molecule has 2 heterocycles. The lowest BCUT2D eigenvalue weighted by atomic mass is 9.90. The van der Waals surface area contributed by atoms with Gasteiger partial charge >= 0.3 is 0 Å². The molecule has 6 nitrogen and oxygen atoms in total. The number of benzene rings is 1. The Morgan fingerprint density at radius 1 is 1.15 bits per heavy atom. The van der Waals surface area contributed by atoms with Crippen LogP contribution in [-0.4, -0.2) is 48.6 Å². The summed E-state index contributed by atoms with van der Waals surface area (Å²) >= 11 is 0. The van der Waals surface area contributed by atoms with Gasteiger partial charge in [-0.1, -0.05) is 6.92 Å². The fourth-order valence-electron chi connectivity index (χ4n) is 3.31. The monoisotopic (exact) mass is 381 g/mol. The van der Waals surface area contributed by atoms with Gasteiger partial charge in [0, 0.05) is 37.6 Å². The average Bonchev–Trinajstić information content (AvgIpc) is 2.63. The number of nitrogens with zero attached hydrogens (tertiary/aromatic N) is 1. The van der Waals surface area contributed by atoms with Gasteiger partial charge in [0.2, 0.25) is 5.91 Å². The standard InChI is InChI=1S/C19H27N3O3.ClH/c1-14-6-10-22(11-7-14)17(23)15-2-4-16(5-3-15)21-18(24)19(20)8-12-25-13-9-19;/h2-5,14H,6-13,20H2,1H3,(H,21,24);1H. The van der Waals surface area contributed by atoms with Gasteiger partial charge in [0.1, 0.15) is 5.54 Å². The third-order valence-electron chi connectivity index (χ3n) is 5.30. The topological polar surface area (TPSA) is 84.7 Å². The van der Waals surface area contributed by atoms with Crippen molar-refractivity contribution in [1.29, 1.82) is 0 Å². The van der Waals surface area contributed by atoms with Crippen LogP contribution in [-0.2, 0) is 9.53 Å². The van der Waals surface area contributed by atoms with Crippen LogP contribution in [0.15, 0.2) is 24.3 Å². The predicted octanol–water partition coefficient (Wildman–Crippen LogP) is 2.43. The second-order valence-corrected chi connectivity index (χ2v) is 7.27. The van der Waals surface area contributed by atoms with Crippen molar-refractivity contribution >= 4 is 29.9 Å². The molecule has 26 heavy (non-hydrogen) atoms. The van der Waals surface area contributed by atoms with Crippen molar-refractivity contribution in [3.63, 3.8) is 0 Å². The van der Waals surface area contributed by atoms with E-state index >= 15 is 0 Å². The molecule has 0 saturated carbocycles. The van der Waals surface area contributed by atoms with E-state index in [1.54, 1.807) is 24.3 Å². The summed E-state index contributed by atoms with van der Waals surface area (Å²) in [5.74, 6) is 0.555. The number of anilines is 1. The molecule has 2 amide bonds. The van der Waals surface area contributed by atoms with Crippen LogP contribution in [0.25, 0.3) is 0 Å². The SMILES string of the molecule is CC1CCN(C(=O)c2ccc(NC(=O)C3(N)CCOCC3)cc2)CC1.Cl. The summed E-state index contributed by atoms with van der Waals surface area (Å²) in [7, 11) is 0. The van der Waals surface area contributed by atoms with Gasteiger partial charge in [-0.3, -0.25) is 9.59 Å². The Morgan fingerprint density at radius 2 is 1.73 bits per heavy atom. The number of likely N-dealkylation sites (tertiary alicyclic amines) is 1. The largest absolute Gasteiger partial charge is 0.381 e. The lowest BCUT2D eigenvalue weighted by molar-refractivity contribution is -0.124. The van der Waals surface area contributed by atoms with Gasteiger partial charge in [0.05, 0.1) is 0 Å². The Balaban J connectivity index is 0.00000243. The Morgan fingerprint density at radius 3 is 2.31 bits per heavy atom. The number of nitrogens with one attached hydrogen (secondary N) is 1. The summed E-state index contributed by atoms with van der Waals surface area (Å²) in [6.07, 6.45) is 3.15. The number of carbonyl (C=O) groups excluding carboxylic acids is 2. The molecular weight excluding hydrogens is 354 g/mol. The highest BCUT2D eigenvalue weighted by atomic mass is 35.5. The molecule has 3 N–H and O–H groups in total. The zero-order chi connectivity index (χ0) is 17.9. The number of rotatable bonds is 3. The first kappa shape index (κ1) is 20.7. The Bertz CT molecular complexity index is 621. The second-order valence-electron chi connectivity index (χ2n) is 7.27. The molecule has 2 aliphatic rings. The van der Waals surface area contributed by atoms with Crippen LogP contribution < -0.4 is 11.1 Å². The minimum atomic E-state index is -0.878. The Labute approximate surface area is 160 Å². The summed E-state index contributed by atoms with van der Waals surface area (Å²) in [6.45, 7) is 4.87. The minimum absolute atomic E-state index is 0. The molecular formula is C19H28ClN3O3. The fraction of sp³-hybridized carbons (Fsp3) is 0.579. The zero-order valence-corrected chi connectivity index (χ0v) is 16.0. The number of hydrogen-bond donors (Lipinski definition) is 2. The van der Waals surface area contributed by atoms with Crippen molar-refractivity contribution in [1.82, 2.24) is 4.90 Å². The molecule has 0 radical (unpaired) electrons. The second kappa shape index (κ2) is 8.84. The van der Waals surface area contributed by atoms with Crippen LogP contribution in [0.1, 0.15) is 43.0 Å². The maximum atomic E-state index is 12.5. The zero-order valence-electron chi connectivity index (χ0n) is 15.2. The molecule has 1 aromatic rings. The highest BCUT2D eigenvalue weighted by molar-refractivity contribution is 5.99. The van der Waals surface area contributed by atoms with Crippen molar-refractivity contribution in [2.45, 2.75) is 38.1 Å². The molecule has 1 aromatic carbocycles. The third kappa shape index (κ3) is 4.75. The van der Waals surface area contributed by atoms with Crippen LogP contribution in [0.5, 0.6) is 0 Å². The highest BCUT2D eigenvalue weighted by Gasteiger charge is 2.35. The number of amides is 2. The average molecular weight is 382 g/mol. The summed E-state index contributed by atoms with van der Waals surface area (Å²) in [5.41, 5.74) is 6.62. The number of halogens is 1. The van der Waals surface area contributed by atoms with Gasteiger partial charge in [-0.25, -0.2) is 0 Å². The van der Waals surface area contributed by atoms with Crippen LogP contribution in [0.2, 0.25) is 0 Å². The van der Waals surface area contributed by atoms with E-state index in [0.717, 1.165) is 25.9 Å². The molecule has 0 bridgehead atoms. The number of hydrogen-bond acceptors (Lipinski definition) is 4.